The fraction of sp³-hybridized carbons (Fsp3) is 0.643. The minimum Gasteiger partial charge on any atom is -0.354 e. The summed E-state index contributed by atoms with van der Waals surface area (Å²) < 4.78 is 23.8. The van der Waals surface area contributed by atoms with Crippen molar-refractivity contribution in [1.82, 2.24) is 10.3 Å². The van der Waals surface area contributed by atoms with Crippen molar-refractivity contribution in [3.63, 3.8) is 0 Å². The molecule has 0 amide bonds. The lowest BCUT2D eigenvalue weighted by molar-refractivity contribution is 0.399. The molecule has 2 heterocycles. The summed E-state index contributed by atoms with van der Waals surface area (Å²) in [5.74, 6) is 0.574. The van der Waals surface area contributed by atoms with E-state index in [9.17, 15) is 8.42 Å². The summed E-state index contributed by atoms with van der Waals surface area (Å²) in [7, 11) is -3.25. The van der Waals surface area contributed by atoms with Crippen LogP contribution in [0.3, 0.4) is 0 Å². The monoisotopic (exact) mass is 297 g/mol. The van der Waals surface area contributed by atoms with E-state index in [0.29, 0.717) is 16.8 Å². The summed E-state index contributed by atoms with van der Waals surface area (Å²) in [5.41, 5.74) is 0. The summed E-state index contributed by atoms with van der Waals surface area (Å²) in [4.78, 5) is 6.67. The zero-order valence-corrected chi connectivity index (χ0v) is 13.0. The molecule has 0 spiro atoms. The first-order chi connectivity index (χ1) is 9.52. The van der Waals surface area contributed by atoms with Gasteiger partial charge in [0.25, 0.3) is 0 Å². The Balaban J connectivity index is 2.23. The van der Waals surface area contributed by atoms with Crippen molar-refractivity contribution in [2.45, 2.75) is 37.1 Å². The highest BCUT2D eigenvalue weighted by Crippen LogP contribution is 2.23. The Kier molecular flexibility index (Phi) is 4.99. The Morgan fingerprint density at radius 3 is 2.85 bits per heavy atom. The fourth-order valence-electron chi connectivity index (χ4n) is 2.62. The molecule has 0 aliphatic carbocycles. The Hall–Kier alpha value is -1.14. The van der Waals surface area contributed by atoms with Gasteiger partial charge in [-0.1, -0.05) is 6.42 Å². The zero-order chi connectivity index (χ0) is 14.6. The molecule has 1 aromatic rings. The Labute approximate surface area is 121 Å². The average Bonchev–Trinajstić information content (AvgIpc) is 2.45. The second-order valence-electron chi connectivity index (χ2n) is 5.28. The molecule has 2 rings (SSSR count). The first kappa shape index (κ1) is 15.3. The van der Waals surface area contributed by atoms with Gasteiger partial charge in [0, 0.05) is 31.6 Å². The number of piperidine rings is 1. The summed E-state index contributed by atoms with van der Waals surface area (Å²) in [5, 5.41) is 3.49. The third kappa shape index (κ3) is 3.70. The predicted octanol–water partition coefficient (Wildman–Crippen LogP) is 1.45. The van der Waals surface area contributed by atoms with Crippen LogP contribution in [-0.4, -0.2) is 45.3 Å². The van der Waals surface area contributed by atoms with E-state index in [-0.39, 0.29) is 0 Å². The van der Waals surface area contributed by atoms with Crippen LogP contribution in [0.4, 0.5) is 5.82 Å². The summed E-state index contributed by atoms with van der Waals surface area (Å²) in [6.07, 6.45) is 6.48. The zero-order valence-electron chi connectivity index (χ0n) is 12.2. The second-order valence-corrected chi connectivity index (χ2v) is 7.27. The third-order valence-electron chi connectivity index (χ3n) is 3.68. The van der Waals surface area contributed by atoms with Crippen LogP contribution in [0.1, 0.15) is 26.2 Å². The Bertz CT molecular complexity index is 539. The highest BCUT2D eigenvalue weighted by Gasteiger charge is 2.22. The standard InChI is InChI=1S/C14H23N3O2S/c1-3-17(11-12-7-4-5-9-15-12)14-13(20(2,18)19)8-6-10-16-14/h6,8,10,12,15H,3-5,7,9,11H2,1-2H3. The molecule has 1 N–H and O–H groups in total. The van der Waals surface area contributed by atoms with Crippen molar-refractivity contribution in [3.8, 4) is 0 Å². The molecule has 112 valence electrons. The maximum atomic E-state index is 11.9. The van der Waals surface area contributed by atoms with Gasteiger partial charge < -0.3 is 10.2 Å². The number of nitrogens with one attached hydrogen (secondary N) is 1. The first-order valence-corrected chi connectivity index (χ1v) is 9.05. The van der Waals surface area contributed by atoms with Gasteiger partial charge in [-0.15, -0.1) is 0 Å². The second kappa shape index (κ2) is 6.54. The molecule has 0 bridgehead atoms. The molecule has 6 heteroatoms. The van der Waals surface area contributed by atoms with Crippen LogP contribution in [-0.2, 0) is 9.84 Å². The quantitative estimate of drug-likeness (QED) is 0.891. The number of hydrogen-bond donors (Lipinski definition) is 1. The highest BCUT2D eigenvalue weighted by atomic mass is 32.2. The van der Waals surface area contributed by atoms with Gasteiger partial charge in [-0.25, -0.2) is 13.4 Å². The SMILES string of the molecule is CCN(CC1CCCCN1)c1ncccc1S(C)(=O)=O. The topological polar surface area (TPSA) is 62.3 Å². The largest absolute Gasteiger partial charge is 0.354 e. The number of pyridine rings is 1. The van der Waals surface area contributed by atoms with Crippen LogP contribution in [0, 0.1) is 0 Å². The van der Waals surface area contributed by atoms with Crippen LogP contribution in [0.2, 0.25) is 0 Å². The van der Waals surface area contributed by atoms with Crippen molar-refractivity contribution in [3.05, 3.63) is 18.3 Å². The van der Waals surface area contributed by atoms with E-state index in [2.05, 4.69) is 15.2 Å². The number of nitrogens with zero attached hydrogens (tertiary/aromatic N) is 2. The first-order valence-electron chi connectivity index (χ1n) is 7.15. The smallest absolute Gasteiger partial charge is 0.179 e. The van der Waals surface area contributed by atoms with Gasteiger partial charge >= 0.3 is 0 Å². The van der Waals surface area contributed by atoms with E-state index < -0.39 is 9.84 Å². The van der Waals surface area contributed by atoms with Crippen LogP contribution in [0.25, 0.3) is 0 Å². The molecule has 1 fully saturated rings. The average molecular weight is 297 g/mol. The molecule has 0 aromatic carbocycles. The normalized spacial score (nSPS) is 19.8. The van der Waals surface area contributed by atoms with Gasteiger partial charge in [0.05, 0.1) is 0 Å². The van der Waals surface area contributed by atoms with Gasteiger partial charge in [-0.2, -0.15) is 0 Å². The number of rotatable bonds is 5. The summed E-state index contributed by atoms with van der Waals surface area (Å²) in [6.45, 7) is 4.63. The Morgan fingerprint density at radius 2 is 2.25 bits per heavy atom. The molecular weight excluding hydrogens is 274 g/mol. The van der Waals surface area contributed by atoms with Gasteiger partial charge in [0.1, 0.15) is 10.7 Å². The number of aromatic nitrogens is 1. The predicted molar refractivity (Wildman–Crippen MR) is 80.9 cm³/mol. The molecule has 1 atom stereocenters. The lowest BCUT2D eigenvalue weighted by atomic mass is 10.0. The molecule has 0 saturated carbocycles. The van der Waals surface area contributed by atoms with E-state index >= 15 is 0 Å². The van der Waals surface area contributed by atoms with Crippen LogP contribution in [0.5, 0.6) is 0 Å². The van der Waals surface area contributed by atoms with Gasteiger partial charge in [0.2, 0.25) is 0 Å². The molecule has 1 aliphatic rings. The van der Waals surface area contributed by atoms with Crippen molar-refractivity contribution in [1.29, 1.82) is 0 Å². The van der Waals surface area contributed by atoms with Crippen LogP contribution >= 0.6 is 0 Å². The lowest BCUT2D eigenvalue weighted by Crippen LogP contribution is -2.44. The van der Waals surface area contributed by atoms with E-state index in [1.807, 2.05) is 6.92 Å². The molecular formula is C14H23N3O2S. The van der Waals surface area contributed by atoms with E-state index in [1.54, 1.807) is 18.3 Å². The maximum Gasteiger partial charge on any atom is 0.179 e. The number of hydrogen-bond acceptors (Lipinski definition) is 5. The van der Waals surface area contributed by atoms with Crippen molar-refractivity contribution in [2.24, 2.45) is 0 Å². The molecule has 1 unspecified atom stereocenters. The summed E-state index contributed by atoms with van der Waals surface area (Å²) in [6, 6.07) is 3.72. The van der Waals surface area contributed by atoms with Gasteiger partial charge in [-0.05, 0) is 38.4 Å². The summed E-state index contributed by atoms with van der Waals surface area (Å²) >= 11 is 0. The third-order valence-corrected chi connectivity index (χ3v) is 4.80. The van der Waals surface area contributed by atoms with Gasteiger partial charge in [0.15, 0.2) is 9.84 Å². The van der Waals surface area contributed by atoms with E-state index in [1.165, 1.54) is 19.1 Å². The molecule has 1 aromatic heterocycles. The highest BCUT2D eigenvalue weighted by molar-refractivity contribution is 7.90. The van der Waals surface area contributed by atoms with E-state index in [4.69, 9.17) is 0 Å². The molecule has 1 aliphatic heterocycles. The van der Waals surface area contributed by atoms with Gasteiger partial charge in [-0.3, -0.25) is 0 Å². The molecule has 0 radical (unpaired) electrons. The molecule has 20 heavy (non-hydrogen) atoms. The van der Waals surface area contributed by atoms with Crippen molar-refractivity contribution in [2.75, 3.05) is 30.8 Å². The molecule has 1 saturated heterocycles. The minimum atomic E-state index is -3.25. The maximum absolute atomic E-state index is 11.9. The minimum absolute atomic E-state index is 0.317. The van der Waals surface area contributed by atoms with Crippen molar-refractivity contribution >= 4 is 15.7 Å². The number of likely N-dealkylation sites (N-methyl/N-ethyl adjacent to an activating group) is 1. The van der Waals surface area contributed by atoms with E-state index in [0.717, 1.165) is 26.1 Å². The van der Waals surface area contributed by atoms with Crippen molar-refractivity contribution < 1.29 is 8.42 Å². The number of sulfone groups is 1. The molecule has 5 nitrogen and oxygen atoms in total. The fourth-order valence-corrected chi connectivity index (χ4v) is 3.46. The lowest BCUT2D eigenvalue weighted by Gasteiger charge is -2.31. The Morgan fingerprint density at radius 1 is 1.45 bits per heavy atom. The number of anilines is 1. The van der Waals surface area contributed by atoms with Crippen LogP contribution < -0.4 is 10.2 Å². The van der Waals surface area contributed by atoms with Crippen LogP contribution in [0.15, 0.2) is 23.2 Å².